The summed E-state index contributed by atoms with van der Waals surface area (Å²) in [7, 11) is 1.64. The summed E-state index contributed by atoms with van der Waals surface area (Å²) in [5.74, 6) is 7.06. The SMILES string of the molecule is COc1ccc(C#CCO)cc1CSc1cnccn1. The number of thioether (sulfide) groups is 1. The first-order chi connectivity index (χ1) is 9.83. The van der Waals surface area contributed by atoms with Gasteiger partial charge in [-0.3, -0.25) is 4.98 Å². The van der Waals surface area contributed by atoms with E-state index in [-0.39, 0.29) is 6.61 Å². The molecule has 5 heteroatoms. The van der Waals surface area contributed by atoms with Gasteiger partial charge < -0.3 is 9.84 Å². The van der Waals surface area contributed by atoms with Crippen molar-refractivity contribution in [2.75, 3.05) is 13.7 Å². The van der Waals surface area contributed by atoms with Crippen LogP contribution in [0.25, 0.3) is 0 Å². The zero-order valence-corrected chi connectivity index (χ0v) is 11.9. The van der Waals surface area contributed by atoms with Crippen molar-refractivity contribution in [2.45, 2.75) is 10.8 Å². The van der Waals surface area contributed by atoms with E-state index in [4.69, 9.17) is 9.84 Å². The van der Waals surface area contributed by atoms with E-state index in [1.165, 1.54) is 0 Å². The van der Waals surface area contributed by atoms with Gasteiger partial charge >= 0.3 is 0 Å². The maximum Gasteiger partial charge on any atom is 0.122 e. The summed E-state index contributed by atoms with van der Waals surface area (Å²) in [5.41, 5.74) is 1.89. The Hall–Kier alpha value is -2.03. The number of benzene rings is 1. The van der Waals surface area contributed by atoms with Crippen LogP contribution in [-0.4, -0.2) is 28.8 Å². The van der Waals surface area contributed by atoms with E-state index in [2.05, 4.69) is 21.8 Å². The maximum absolute atomic E-state index is 8.73. The van der Waals surface area contributed by atoms with Gasteiger partial charge in [-0.2, -0.15) is 0 Å². The average molecular weight is 286 g/mol. The van der Waals surface area contributed by atoms with Crippen LogP contribution in [0.3, 0.4) is 0 Å². The third-order valence-electron chi connectivity index (χ3n) is 2.51. The first-order valence-corrected chi connectivity index (χ1v) is 6.97. The molecule has 4 nitrogen and oxygen atoms in total. The van der Waals surface area contributed by atoms with Gasteiger partial charge in [0.2, 0.25) is 0 Å². The number of methoxy groups -OCH3 is 1. The Morgan fingerprint density at radius 3 is 2.95 bits per heavy atom. The minimum atomic E-state index is -0.143. The molecule has 0 radical (unpaired) electrons. The van der Waals surface area contributed by atoms with E-state index >= 15 is 0 Å². The molecule has 20 heavy (non-hydrogen) atoms. The highest BCUT2D eigenvalue weighted by atomic mass is 32.2. The lowest BCUT2D eigenvalue weighted by molar-refractivity contribution is 0.350. The monoisotopic (exact) mass is 286 g/mol. The standard InChI is InChI=1S/C15H14N2O2S/c1-19-14-5-4-12(3-2-8-18)9-13(14)11-20-15-10-16-6-7-17-15/h4-7,9-10,18H,8,11H2,1H3. The largest absolute Gasteiger partial charge is 0.496 e. The van der Waals surface area contributed by atoms with Crippen molar-refractivity contribution in [3.05, 3.63) is 47.9 Å². The van der Waals surface area contributed by atoms with Gasteiger partial charge in [0.1, 0.15) is 17.4 Å². The number of aliphatic hydroxyl groups excluding tert-OH is 1. The number of rotatable bonds is 4. The summed E-state index contributed by atoms with van der Waals surface area (Å²) < 4.78 is 5.35. The minimum absolute atomic E-state index is 0.143. The Bertz CT molecular complexity index is 621. The lowest BCUT2D eigenvalue weighted by atomic mass is 10.1. The Morgan fingerprint density at radius 2 is 2.25 bits per heavy atom. The molecule has 0 amide bonds. The van der Waals surface area contributed by atoms with Gasteiger partial charge in [-0.25, -0.2) is 4.98 Å². The number of nitrogens with zero attached hydrogens (tertiary/aromatic N) is 2. The van der Waals surface area contributed by atoms with Crippen molar-refractivity contribution in [3.63, 3.8) is 0 Å². The average Bonchev–Trinajstić information content (AvgIpc) is 2.52. The highest BCUT2D eigenvalue weighted by molar-refractivity contribution is 7.98. The molecule has 2 rings (SSSR count). The van der Waals surface area contributed by atoms with Crippen molar-refractivity contribution >= 4 is 11.8 Å². The maximum atomic E-state index is 8.73. The van der Waals surface area contributed by atoms with Crippen molar-refractivity contribution in [1.82, 2.24) is 9.97 Å². The van der Waals surface area contributed by atoms with Crippen LogP contribution in [0.15, 0.2) is 41.8 Å². The molecule has 1 aromatic heterocycles. The van der Waals surface area contributed by atoms with Crippen molar-refractivity contribution < 1.29 is 9.84 Å². The fraction of sp³-hybridized carbons (Fsp3) is 0.200. The summed E-state index contributed by atoms with van der Waals surface area (Å²) >= 11 is 1.58. The van der Waals surface area contributed by atoms with Crippen LogP contribution < -0.4 is 4.74 Å². The molecule has 0 saturated heterocycles. The van der Waals surface area contributed by atoms with Crippen LogP contribution in [0.1, 0.15) is 11.1 Å². The molecule has 0 saturated carbocycles. The van der Waals surface area contributed by atoms with Crippen molar-refractivity contribution in [1.29, 1.82) is 0 Å². The zero-order valence-electron chi connectivity index (χ0n) is 11.0. The van der Waals surface area contributed by atoms with Crippen LogP contribution in [0, 0.1) is 11.8 Å². The van der Waals surface area contributed by atoms with Crippen LogP contribution in [-0.2, 0) is 5.75 Å². The second-order valence-corrected chi connectivity index (χ2v) is 4.81. The van der Waals surface area contributed by atoms with Crippen LogP contribution in [0.4, 0.5) is 0 Å². The Labute approximate surface area is 122 Å². The number of aliphatic hydroxyl groups is 1. The first-order valence-electron chi connectivity index (χ1n) is 5.99. The zero-order chi connectivity index (χ0) is 14.2. The summed E-state index contributed by atoms with van der Waals surface area (Å²) in [6.45, 7) is -0.143. The molecule has 0 bridgehead atoms. The van der Waals surface area contributed by atoms with Crippen LogP contribution in [0.2, 0.25) is 0 Å². The van der Waals surface area contributed by atoms with Crippen LogP contribution >= 0.6 is 11.8 Å². The summed E-state index contributed by atoms with van der Waals surface area (Å²) in [5, 5.41) is 9.59. The first kappa shape index (κ1) is 14.4. The van der Waals surface area contributed by atoms with Crippen molar-refractivity contribution in [3.8, 4) is 17.6 Å². The summed E-state index contributed by atoms with van der Waals surface area (Å²) in [4.78, 5) is 8.25. The molecule has 0 aliphatic heterocycles. The Balaban J connectivity index is 2.16. The molecule has 1 heterocycles. The van der Waals surface area contributed by atoms with Gasteiger partial charge in [-0.05, 0) is 18.2 Å². The molecule has 1 N–H and O–H groups in total. The number of hydrogen-bond donors (Lipinski definition) is 1. The molecule has 0 spiro atoms. The third kappa shape index (κ3) is 3.98. The predicted octanol–water partition coefficient (Wildman–Crippen LogP) is 2.12. The predicted molar refractivity (Wildman–Crippen MR) is 78.6 cm³/mol. The van der Waals surface area contributed by atoms with Gasteiger partial charge in [-0.15, -0.1) is 0 Å². The molecular formula is C15H14N2O2S. The van der Waals surface area contributed by atoms with Gasteiger partial charge in [-0.1, -0.05) is 23.6 Å². The summed E-state index contributed by atoms with van der Waals surface area (Å²) in [6.07, 6.45) is 5.05. The van der Waals surface area contributed by atoms with E-state index in [1.54, 1.807) is 37.5 Å². The van der Waals surface area contributed by atoms with Crippen LogP contribution in [0.5, 0.6) is 5.75 Å². The molecule has 0 atom stereocenters. The van der Waals surface area contributed by atoms with Crippen molar-refractivity contribution in [2.24, 2.45) is 0 Å². The molecule has 2 aromatic rings. The van der Waals surface area contributed by atoms with Gasteiger partial charge in [0.25, 0.3) is 0 Å². The quantitative estimate of drug-likeness (QED) is 0.689. The number of hydrogen-bond acceptors (Lipinski definition) is 5. The minimum Gasteiger partial charge on any atom is -0.496 e. The second-order valence-electron chi connectivity index (χ2n) is 3.82. The lowest BCUT2D eigenvalue weighted by Gasteiger charge is -2.08. The summed E-state index contributed by atoms with van der Waals surface area (Å²) in [6, 6.07) is 5.72. The Kier molecular flexibility index (Phi) is 5.42. The Morgan fingerprint density at radius 1 is 1.35 bits per heavy atom. The molecule has 0 aliphatic rings. The molecule has 0 unspecified atom stereocenters. The molecular weight excluding hydrogens is 272 g/mol. The smallest absolute Gasteiger partial charge is 0.122 e. The second kappa shape index (κ2) is 7.53. The number of ether oxygens (including phenoxy) is 1. The fourth-order valence-electron chi connectivity index (χ4n) is 1.62. The molecule has 0 fully saturated rings. The van der Waals surface area contributed by atoms with E-state index in [0.29, 0.717) is 0 Å². The molecule has 0 aliphatic carbocycles. The molecule has 1 aromatic carbocycles. The number of aromatic nitrogens is 2. The molecule has 102 valence electrons. The van der Waals surface area contributed by atoms with Gasteiger partial charge in [0.05, 0.1) is 13.3 Å². The van der Waals surface area contributed by atoms with E-state index < -0.39 is 0 Å². The third-order valence-corrected chi connectivity index (χ3v) is 3.47. The topological polar surface area (TPSA) is 55.2 Å². The fourth-order valence-corrected chi connectivity index (χ4v) is 2.42. The highest BCUT2D eigenvalue weighted by Crippen LogP contribution is 2.27. The van der Waals surface area contributed by atoms with E-state index in [1.807, 2.05) is 18.2 Å². The lowest BCUT2D eigenvalue weighted by Crippen LogP contribution is -1.92. The normalized spacial score (nSPS) is 9.70. The van der Waals surface area contributed by atoms with E-state index in [0.717, 1.165) is 27.7 Å². The van der Waals surface area contributed by atoms with E-state index in [9.17, 15) is 0 Å². The highest BCUT2D eigenvalue weighted by Gasteiger charge is 2.05. The van der Waals surface area contributed by atoms with Gasteiger partial charge in [0.15, 0.2) is 0 Å². The van der Waals surface area contributed by atoms with Gasteiger partial charge in [0, 0.05) is 29.3 Å².